The summed E-state index contributed by atoms with van der Waals surface area (Å²) in [5.41, 5.74) is 1.18. The van der Waals surface area contributed by atoms with Crippen molar-refractivity contribution in [1.82, 2.24) is 10.6 Å². The molecule has 1 aromatic carbocycles. The van der Waals surface area contributed by atoms with E-state index < -0.39 is 0 Å². The van der Waals surface area contributed by atoms with Crippen molar-refractivity contribution < 1.29 is 4.79 Å². The Hall–Kier alpha value is -1.06. The van der Waals surface area contributed by atoms with Crippen LogP contribution in [0.2, 0.25) is 5.02 Å². The number of benzene rings is 1. The molecular formula is C16H23ClN2O. The highest BCUT2D eigenvalue weighted by atomic mass is 35.5. The lowest BCUT2D eigenvalue weighted by molar-refractivity contribution is -0.121. The average molecular weight is 295 g/mol. The van der Waals surface area contributed by atoms with Crippen molar-refractivity contribution in [2.24, 2.45) is 0 Å². The van der Waals surface area contributed by atoms with Crippen LogP contribution in [0.1, 0.15) is 45.1 Å². The number of carbonyl (C=O) groups excluding carboxylic acids is 1. The van der Waals surface area contributed by atoms with E-state index in [2.05, 4.69) is 22.8 Å². The fourth-order valence-corrected chi connectivity index (χ4v) is 2.62. The first-order chi connectivity index (χ1) is 9.33. The SMILES string of the molecule is CC(C)(C)NC(=O)CNC1CC(c2ccc(Cl)cc2)C1. The zero-order chi connectivity index (χ0) is 14.8. The summed E-state index contributed by atoms with van der Waals surface area (Å²) in [5, 5.41) is 7.05. The molecule has 0 radical (unpaired) electrons. The van der Waals surface area contributed by atoms with Crippen molar-refractivity contribution in [3.05, 3.63) is 34.9 Å². The third-order valence-corrected chi connectivity index (χ3v) is 3.80. The molecule has 1 amide bonds. The molecule has 1 aromatic rings. The summed E-state index contributed by atoms with van der Waals surface area (Å²) < 4.78 is 0. The Bertz CT molecular complexity index is 458. The van der Waals surface area contributed by atoms with Crippen molar-refractivity contribution in [3.63, 3.8) is 0 Å². The molecule has 0 unspecified atom stereocenters. The topological polar surface area (TPSA) is 41.1 Å². The molecule has 2 N–H and O–H groups in total. The van der Waals surface area contributed by atoms with Gasteiger partial charge in [-0.25, -0.2) is 0 Å². The van der Waals surface area contributed by atoms with Gasteiger partial charge in [0.1, 0.15) is 0 Å². The van der Waals surface area contributed by atoms with Crippen LogP contribution in [0.15, 0.2) is 24.3 Å². The van der Waals surface area contributed by atoms with Gasteiger partial charge in [0.15, 0.2) is 0 Å². The Kier molecular flexibility index (Phi) is 4.71. The normalized spacial score (nSPS) is 22.2. The molecule has 0 saturated heterocycles. The number of hydrogen-bond donors (Lipinski definition) is 2. The van der Waals surface area contributed by atoms with E-state index in [-0.39, 0.29) is 11.4 Å². The highest BCUT2D eigenvalue weighted by Gasteiger charge is 2.30. The summed E-state index contributed by atoms with van der Waals surface area (Å²) in [6.45, 7) is 6.37. The molecule has 1 aliphatic rings. The number of carbonyl (C=O) groups is 1. The van der Waals surface area contributed by atoms with E-state index in [0.717, 1.165) is 17.9 Å². The molecule has 0 heterocycles. The average Bonchev–Trinajstić information content (AvgIpc) is 2.27. The predicted octanol–water partition coefficient (Wildman–Crippen LogP) is 3.09. The van der Waals surface area contributed by atoms with E-state index in [1.165, 1.54) is 5.56 Å². The predicted molar refractivity (Wildman–Crippen MR) is 83.1 cm³/mol. The fourth-order valence-electron chi connectivity index (χ4n) is 2.49. The molecule has 4 heteroatoms. The smallest absolute Gasteiger partial charge is 0.234 e. The number of amides is 1. The molecule has 3 nitrogen and oxygen atoms in total. The second kappa shape index (κ2) is 6.15. The molecule has 1 aliphatic carbocycles. The van der Waals surface area contributed by atoms with Crippen LogP contribution in [-0.2, 0) is 4.79 Å². The van der Waals surface area contributed by atoms with E-state index in [4.69, 9.17) is 11.6 Å². The van der Waals surface area contributed by atoms with Gasteiger partial charge in [-0.15, -0.1) is 0 Å². The maximum atomic E-state index is 11.7. The molecular weight excluding hydrogens is 272 g/mol. The molecule has 20 heavy (non-hydrogen) atoms. The molecule has 0 aliphatic heterocycles. The third kappa shape index (κ3) is 4.50. The van der Waals surface area contributed by atoms with E-state index in [1.807, 2.05) is 32.9 Å². The van der Waals surface area contributed by atoms with E-state index in [9.17, 15) is 4.79 Å². The summed E-state index contributed by atoms with van der Waals surface area (Å²) >= 11 is 5.89. The Balaban J connectivity index is 1.69. The van der Waals surface area contributed by atoms with Crippen LogP contribution in [-0.4, -0.2) is 24.0 Å². The van der Waals surface area contributed by atoms with Gasteiger partial charge in [0.2, 0.25) is 5.91 Å². The van der Waals surface area contributed by atoms with Crippen molar-refractivity contribution >= 4 is 17.5 Å². The van der Waals surface area contributed by atoms with Crippen LogP contribution in [0.3, 0.4) is 0 Å². The first-order valence-corrected chi connectivity index (χ1v) is 7.51. The van der Waals surface area contributed by atoms with Crippen LogP contribution < -0.4 is 10.6 Å². The molecule has 1 fully saturated rings. The monoisotopic (exact) mass is 294 g/mol. The molecule has 0 aromatic heterocycles. The fraction of sp³-hybridized carbons (Fsp3) is 0.562. The Labute approximate surface area is 126 Å². The highest BCUT2D eigenvalue weighted by molar-refractivity contribution is 6.30. The molecule has 0 spiro atoms. The van der Waals surface area contributed by atoms with E-state index >= 15 is 0 Å². The first kappa shape index (κ1) is 15.3. The van der Waals surface area contributed by atoms with Crippen molar-refractivity contribution in [3.8, 4) is 0 Å². The van der Waals surface area contributed by atoms with Gasteiger partial charge in [-0.05, 0) is 57.2 Å². The Morgan fingerprint density at radius 2 is 1.85 bits per heavy atom. The van der Waals surface area contributed by atoms with Crippen LogP contribution in [0, 0.1) is 0 Å². The van der Waals surface area contributed by atoms with Crippen molar-refractivity contribution in [1.29, 1.82) is 0 Å². The summed E-state index contributed by atoms with van der Waals surface area (Å²) in [5.74, 6) is 0.655. The van der Waals surface area contributed by atoms with Gasteiger partial charge >= 0.3 is 0 Å². The molecule has 1 saturated carbocycles. The Morgan fingerprint density at radius 3 is 2.40 bits per heavy atom. The molecule has 0 bridgehead atoms. The minimum absolute atomic E-state index is 0.0624. The zero-order valence-corrected chi connectivity index (χ0v) is 13.1. The lowest BCUT2D eigenvalue weighted by atomic mass is 9.76. The van der Waals surface area contributed by atoms with Crippen LogP contribution in [0.5, 0.6) is 0 Å². The van der Waals surface area contributed by atoms with Gasteiger partial charge in [-0.1, -0.05) is 23.7 Å². The van der Waals surface area contributed by atoms with Gasteiger partial charge in [0, 0.05) is 16.6 Å². The summed E-state index contributed by atoms with van der Waals surface area (Å²) in [6.07, 6.45) is 2.18. The van der Waals surface area contributed by atoms with Crippen LogP contribution >= 0.6 is 11.6 Å². The quantitative estimate of drug-likeness (QED) is 0.896. The lowest BCUT2D eigenvalue weighted by Gasteiger charge is -2.36. The van der Waals surface area contributed by atoms with Gasteiger partial charge in [-0.3, -0.25) is 4.79 Å². The van der Waals surface area contributed by atoms with Gasteiger partial charge in [-0.2, -0.15) is 0 Å². The number of halogens is 1. The molecule has 110 valence electrons. The van der Waals surface area contributed by atoms with Crippen molar-refractivity contribution in [2.45, 2.75) is 51.1 Å². The first-order valence-electron chi connectivity index (χ1n) is 7.13. The Morgan fingerprint density at radius 1 is 1.25 bits per heavy atom. The van der Waals surface area contributed by atoms with E-state index in [0.29, 0.717) is 18.5 Å². The maximum Gasteiger partial charge on any atom is 0.234 e. The van der Waals surface area contributed by atoms with E-state index in [1.54, 1.807) is 0 Å². The second-order valence-electron chi connectivity index (χ2n) is 6.60. The van der Waals surface area contributed by atoms with Crippen molar-refractivity contribution in [2.75, 3.05) is 6.54 Å². The van der Waals surface area contributed by atoms with Gasteiger partial charge in [0.25, 0.3) is 0 Å². The highest BCUT2D eigenvalue weighted by Crippen LogP contribution is 2.37. The molecule has 2 rings (SSSR count). The minimum Gasteiger partial charge on any atom is -0.350 e. The second-order valence-corrected chi connectivity index (χ2v) is 7.03. The third-order valence-electron chi connectivity index (χ3n) is 3.55. The van der Waals surface area contributed by atoms with Crippen LogP contribution in [0.25, 0.3) is 0 Å². The molecule has 0 atom stereocenters. The summed E-state index contributed by atoms with van der Waals surface area (Å²) in [4.78, 5) is 11.7. The minimum atomic E-state index is -0.162. The van der Waals surface area contributed by atoms with Gasteiger partial charge < -0.3 is 10.6 Å². The standard InChI is InChI=1S/C16H23ClN2O/c1-16(2,3)19-15(20)10-18-14-8-12(9-14)11-4-6-13(17)7-5-11/h4-7,12,14,18H,8-10H2,1-3H3,(H,19,20). The number of rotatable bonds is 4. The largest absolute Gasteiger partial charge is 0.350 e. The lowest BCUT2D eigenvalue weighted by Crippen LogP contribution is -2.49. The zero-order valence-electron chi connectivity index (χ0n) is 12.4. The summed E-state index contributed by atoms with van der Waals surface area (Å²) in [7, 11) is 0. The van der Waals surface area contributed by atoms with Crippen LogP contribution in [0.4, 0.5) is 0 Å². The maximum absolute atomic E-state index is 11.7. The van der Waals surface area contributed by atoms with Gasteiger partial charge in [0.05, 0.1) is 6.54 Å². The number of hydrogen-bond acceptors (Lipinski definition) is 2. The summed E-state index contributed by atoms with van der Waals surface area (Å²) in [6, 6.07) is 8.51. The number of nitrogens with one attached hydrogen (secondary N) is 2.